The normalized spacial score (nSPS) is 21.2. The zero-order valence-electron chi connectivity index (χ0n) is 22.2. The second kappa shape index (κ2) is 10.9. The van der Waals surface area contributed by atoms with Crippen molar-refractivity contribution in [2.75, 3.05) is 44.4 Å². The lowest BCUT2D eigenvalue weighted by molar-refractivity contribution is 0.0600. The van der Waals surface area contributed by atoms with Crippen LogP contribution in [0.15, 0.2) is 41.0 Å². The molecule has 4 heterocycles. The van der Waals surface area contributed by atoms with Crippen LogP contribution in [0.3, 0.4) is 0 Å². The van der Waals surface area contributed by atoms with E-state index in [1.165, 1.54) is 20.0 Å². The van der Waals surface area contributed by atoms with Gasteiger partial charge in [0, 0.05) is 36.8 Å². The third-order valence-corrected chi connectivity index (χ3v) is 8.19. The number of halogens is 1. The van der Waals surface area contributed by atoms with Crippen LogP contribution in [0, 0.1) is 12.8 Å². The number of rotatable bonds is 8. The smallest absolute Gasteiger partial charge is 0.337 e. The fourth-order valence-corrected chi connectivity index (χ4v) is 6.13. The van der Waals surface area contributed by atoms with Crippen molar-refractivity contribution in [1.82, 2.24) is 19.7 Å². The van der Waals surface area contributed by atoms with E-state index in [-0.39, 0.29) is 5.54 Å². The molecule has 6 rings (SSSR count). The molecule has 3 fully saturated rings. The Morgan fingerprint density at radius 1 is 1.26 bits per heavy atom. The summed E-state index contributed by atoms with van der Waals surface area (Å²) in [6, 6.07) is 9.42. The number of carbonyl (C=O) groups is 1. The number of nitrogen functional groups attached to an aromatic ring is 1. The predicted molar refractivity (Wildman–Crippen MR) is 151 cm³/mol. The molecule has 9 nitrogen and oxygen atoms in total. The molecule has 2 aliphatic heterocycles. The molecule has 3 aromatic rings. The van der Waals surface area contributed by atoms with Crippen molar-refractivity contribution >= 4 is 33.3 Å². The highest BCUT2D eigenvalue weighted by atomic mass is 79.9. The molecule has 3 aliphatic rings. The highest BCUT2D eigenvalue weighted by molar-refractivity contribution is 9.10. The lowest BCUT2D eigenvalue weighted by atomic mass is 9.78. The molecule has 2 aromatic heterocycles. The Morgan fingerprint density at radius 3 is 2.82 bits per heavy atom. The topological polar surface area (TPSA) is 108 Å². The van der Waals surface area contributed by atoms with Gasteiger partial charge in [0.25, 0.3) is 0 Å². The van der Waals surface area contributed by atoms with Crippen LogP contribution in [-0.2, 0) is 11.8 Å². The minimum Gasteiger partial charge on any atom is -0.476 e. The predicted octanol–water partition coefficient (Wildman–Crippen LogP) is 4.66. The monoisotopic (exact) mass is 582 g/mol. The lowest BCUT2D eigenvalue weighted by Gasteiger charge is -2.39. The van der Waals surface area contributed by atoms with E-state index in [0.29, 0.717) is 29.7 Å². The number of benzene rings is 1. The van der Waals surface area contributed by atoms with Crippen LogP contribution in [0.1, 0.15) is 41.7 Å². The molecule has 0 spiro atoms. The van der Waals surface area contributed by atoms with Crippen molar-refractivity contribution in [2.24, 2.45) is 13.0 Å². The molecule has 0 amide bonds. The molecule has 2 bridgehead atoms. The van der Waals surface area contributed by atoms with E-state index in [9.17, 15) is 4.79 Å². The Hall–Kier alpha value is -3.11. The second-order valence-corrected chi connectivity index (χ2v) is 11.4. The molecule has 10 heteroatoms. The minimum atomic E-state index is -0.397. The summed E-state index contributed by atoms with van der Waals surface area (Å²) >= 11 is 3.58. The number of aromatic nitrogens is 3. The van der Waals surface area contributed by atoms with Gasteiger partial charge in [-0.1, -0.05) is 15.9 Å². The SMILES string of the molecule is COC(=O)c1cc(C)nc(-c2cnn(C)c2OCCN2CC3CCC(Nc4cc(Br)ccc4N)(CC3)C2)c1. The van der Waals surface area contributed by atoms with Gasteiger partial charge in [-0.25, -0.2) is 9.48 Å². The van der Waals surface area contributed by atoms with Gasteiger partial charge in [-0.2, -0.15) is 5.10 Å². The number of ether oxygens (including phenoxy) is 2. The molecular weight excluding hydrogens is 548 g/mol. The van der Waals surface area contributed by atoms with Crippen LogP contribution in [0.25, 0.3) is 11.3 Å². The molecule has 1 saturated carbocycles. The van der Waals surface area contributed by atoms with E-state index in [2.05, 4.69) is 42.3 Å². The first-order valence-electron chi connectivity index (χ1n) is 13.0. The molecule has 0 atom stereocenters. The van der Waals surface area contributed by atoms with Crippen molar-refractivity contribution in [3.63, 3.8) is 0 Å². The summed E-state index contributed by atoms with van der Waals surface area (Å²) in [5.74, 6) is 0.935. The molecule has 38 heavy (non-hydrogen) atoms. The van der Waals surface area contributed by atoms with Crippen molar-refractivity contribution < 1.29 is 14.3 Å². The van der Waals surface area contributed by atoms with Crippen molar-refractivity contribution in [2.45, 2.75) is 38.1 Å². The summed E-state index contributed by atoms with van der Waals surface area (Å²) in [5.41, 5.74) is 10.6. The maximum atomic E-state index is 12.1. The van der Waals surface area contributed by atoms with Crippen molar-refractivity contribution in [3.05, 3.63) is 52.3 Å². The number of carbonyl (C=O) groups excluding carboxylic acids is 1. The Labute approximate surface area is 231 Å². The Bertz CT molecular complexity index is 1320. The molecule has 1 aromatic carbocycles. The summed E-state index contributed by atoms with van der Waals surface area (Å²) in [6.07, 6.45) is 6.42. The van der Waals surface area contributed by atoms with Gasteiger partial charge >= 0.3 is 5.97 Å². The molecule has 0 unspecified atom stereocenters. The maximum Gasteiger partial charge on any atom is 0.337 e. The third kappa shape index (κ3) is 5.66. The number of esters is 1. The average molecular weight is 584 g/mol. The average Bonchev–Trinajstić information content (AvgIpc) is 3.06. The van der Waals surface area contributed by atoms with Gasteiger partial charge < -0.3 is 20.5 Å². The molecule has 1 aliphatic carbocycles. The van der Waals surface area contributed by atoms with Crippen LogP contribution < -0.4 is 15.8 Å². The number of pyridine rings is 1. The summed E-state index contributed by atoms with van der Waals surface area (Å²) in [5, 5.41) is 8.23. The van der Waals surface area contributed by atoms with E-state index in [1.807, 2.05) is 26.1 Å². The first-order valence-corrected chi connectivity index (χ1v) is 13.8. The number of hydrogen-bond donors (Lipinski definition) is 2. The van der Waals surface area contributed by atoms with E-state index < -0.39 is 5.97 Å². The highest BCUT2D eigenvalue weighted by Crippen LogP contribution is 2.40. The zero-order chi connectivity index (χ0) is 26.9. The third-order valence-electron chi connectivity index (χ3n) is 7.70. The number of nitrogens with zero attached hydrogens (tertiary/aromatic N) is 4. The largest absolute Gasteiger partial charge is 0.476 e. The number of nitrogens with one attached hydrogen (secondary N) is 1. The summed E-state index contributed by atoms with van der Waals surface area (Å²) in [7, 11) is 3.22. The van der Waals surface area contributed by atoms with E-state index in [4.69, 9.17) is 15.2 Å². The number of aryl methyl sites for hydroxylation is 2. The van der Waals surface area contributed by atoms with Gasteiger partial charge in [0.1, 0.15) is 6.61 Å². The first-order chi connectivity index (χ1) is 18.2. The fraction of sp³-hybridized carbons (Fsp3) is 0.464. The minimum absolute atomic E-state index is 0.00459. The Kier molecular flexibility index (Phi) is 7.63. The molecule has 202 valence electrons. The van der Waals surface area contributed by atoms with Crippen LogP contribution in [0.4, 0.5) is 11.4 Å². The van der Waals surface area contributed by atoms with Gasteiger partial charge in [0.15, 0.2) is 0 Å². The standard InChI is InChI=1S/C28H35BrN6O3/c1-18-12-20(27(36)37-3)13-24(32-18)22-15-31-34(2)26(22)38-11-10-35-16-19-6-8-28(17-35,9-7-19)33-25-14-21(29)4-5-23(25)30/h4-5,12-15,19,33H,6-11,16-17,30H2,1-3H3. The zero-order valence-corrected chi connectivity index (χ0v) is 23.8. The van der Waals surface area contributed by atoms with Crippen LogP contribution in [0.2, 0.25) is 0 Å². The van der Waals surface area contributed by atoms with Gasteiger partial charge in [-0.05, 0) is 68.9 Å². The number of fused-ring (bicyclic) bond motifs is 4. The number of methoxy groups -OCH3 is 1. The van der Waals surface area contributed by atoms with Gasteiger partial charge in [-0.15, -0.1) is 0 Å². The Morgan fingerprint density at radius 2 is 2.05 bits per heavy atom. The number of nitrogens with two attached hydrogens (primary N) is 1. The number of anilines is 2. The summed E-state index contributed by atoms with van der Waals surface area (Å²) < 4.78 is 13.9. The van der Waals surface area contributed by atoms with Gasteiger partial charge in [-0.3, -0.25) is 9.88 Å². The van der Waals surface area contributed by atoms with E-state index >= 15 is 0 Å². The highest BCUT2D eigenvalue weighted by Gasteiger charge is 2.41. The fourth-order valence-electron chi connectivity index (χ4n) is 5.77. The van der Waals surface area contributed by atoms with Gasteiger partial charge in [0.2, 0.25) is 5.88 Å². The van der Waals surface area contributed by atoms with E-state index in [1.54, 1.807) is 23.0 Å². The van der Waals surface area contributed by atoms with Crippen LogP contribution in [-0.4, -0.2) is 64.5 Å². The van der Waals surface area contributed by atoms with Crippen molar-refractivity contribution in [1.29, 1.82) is 0 Å². The van der Waals surface area contributed by atoms with Crippen molar-refractivity contribution in [3.8, 4) is 17.1 Å². The van der Waals surface area contributed by atoms with Crippen LogP contribution >= 0.6 is 15.9 Å². The Balaban J connectivity index is 1.29. The quantitative estimate of drug-likeness (QED) is 0.292. The van der Waals surface area contributed by atoms with Crippen LogP contribution in [0.5, 0.6) is 5.88 Å². The molecule has 3 N–H and O–H groups in total. The molecule has 0 radical (unpaired) electrons. The first kappa shape index (κ1) is 26.5. The lowest BCUT2D eigenvalue weighted by Crippen LogP contribution is -2.48. The molecular formula is C28H35BrN6O3. The number of hydrogen-bond acceptors (Lipinski definition) is 8. The second-order valence-electron chi connectivity index (χ2n) is 10.5. The molecule has 2 saturated heterocycles. The van der Waals surface area contributed by atoms with E-state index in [0.717, 1.165) is 59.6 Å². The summed E-state index contributed by atoms with van der Waals surface area (Å²) in [6.45, 7) is 5.18. The summed E-state index contributed by atoms with van der Waals surface area (Å²) in [4.78, 5) is 19.3. The van der Waals surface area contributed by atoms with Gasteiger partial charge in [0.05, 0.1) is 47.0 Å². The maximum absolute atomic E-state index is 12.1.